The van der Waals surface area contributed by atoms with E-state index in [4.69, 9.17) is 0 Å². The highest BCUT2D eigenvalue weighted by Gasteiger charge is 2.32. The Balaban J connectivity index is 1.98. The topological polar surface area (TPSA) is 41.1 Å². The maximum Gasteiger partial charge on any atom is 0.319 e. The molecule has 1 aromatic rings. The molecule has 3 rings (SSSR count). The van der Waals surface area contributed by atoms with Crippen molar-refractivity contribution in [2.24, 2.45) is 5.92 Å². The van der Waals surface area contributed by atoms with Crippen LogP contribution in [0.15, 0.2) is 18.2 Å². The predicted octanol–water partition coefficient (Wildman–Crippen LogP) is 3.19. The summed E-state index contributed by atoms with van der Waals surface area (Å²) >= 11 is 0. The fourth-order valence-electron chi connectivity index (χ4n) is 2.95. The lowest BCUT2D eigenvalue weighted by Crippen LogP contribution is -2.40. The van der Waals surface area contributed by atoms with Crippen molar-refractivity contribution in [3.63, 3.8) is 0 Å². The van der Waals surface area contributed by atoms with Crippen LogP contribution in [0.3, 0.4) is 0 Å². The molecule has 0 saturated heterocycles. The monoisotopic (exact) mass is 234 g/mol. The van der Waals surface area contributed by atoms with Crippen LogP contribution in [0.25, 0.3) is 0 Å². The molecule has 1 aliphatic heterocycles. The molecule has 3 nitrogen and oxygen atoms in total. The third-order valence-corrected chi connectivity index (χ3v) is 3.76. The van der Waals surface area contributed by atoms with E-state index in [0.29, 0.717) is 11.6 Å². The third kappa shape index (κ3) is 1.88. The van der Waals surface area contributed by atoms with Gasteiger partial charge in [0, 0.05) is 0 Å². The Morgan fingerprint density at radius 1 is 1.24 bits per heavy atom. The number of hydrogen-bond acceptors (Lipinski definition) is 1. The molecule has 2 aliphatic rings. The minimum absolute atomic E-state index is 0.0434. The molecule has 0 spiro atoms. The van der Waals surface area contributed by atoms with Gasteiger partial charge < -0.3 is 10.6 Å². The number of rotatable bonds is 1. The van der Waals surface area contributed by atoms with Gasteiger partial charge in [-0.05, 0) is 36.5 Å². The number of amides is 2. The predicted molar refractivity (Wildman–Crippen MR) is 63.3 cm³/mol. The first-order valence-corrected chi connectivity index (χ1v) is 6.11. The van der Waals surface area contributed by atoms with Crippen LogP contribution in [0.2, 0.25) is 0 Å². The average molecular weight is 234 g/mol. The van der Waals surface area contributed by atoms with Crippen molar-refractivity contribution in [1.29, 1.82) is 0 Å². The summed E-state index contributed by atoms with van der Waals surface area (Å²) in [5, 5.41) is 5.63. The van der Waals surface area contributed by atoms with Gasteiger partial charge in [-0.15, -0.1) is 0 Å². The molecule has 2 N–H and O–H groups in total. The molecule has 1 fully saturated rings. The zero-order chi connectivity index (χ0) is 11.8. The Kier molecular flexibility index (Phi) is 2.50. The average Bonchev–Trinajstić information content (AvgIpc) is 2.80. The first-order valence-electron chi connectivity index (χ1n) is 6.11. The summed E-state index contributed by atoms with van der Waals surface area (Å²) in [5.41, 5.74) is 1.63. The summed E-state index contributed by atoms with van der Waals surface area (Å²) in [4.78, 5) is 11.6. The van der Waals surface area contributed by atoms with Crippen LogP contribution in [0.4, 0.5) is 14.9 Å². The highest BCUT2D eigenvalue weighted by molar-refractivity contribution is 5.93. The van der Waals surface area contributed by atoms with Crippen molar-refractivity contribution in [1.82, 2.24) is 5.32 Å². The normalized spacial score (nSPS) is 24.1. The number of nitrogens with one attached hydrogen (secondary N) is 2. The number of benzene rings is 1. The fraction of sp³-hybridized carbons (Fsp3) is 0.462. The van der Waals surface area contributed by atoms with E-state index in [1.54, 1.807) is 6.07 Å². The standard InChI is InChI=1S/C13H15FN2O/c14-9-5-6-10-11(7-9)15-13(17)16-12(10)8-3-1-2-4-8/h5-8,12H,1-4H2,(H2,15,16,17). The summed E-state index contributed by atoms with van der Waals surface area (Å²) in [6, 6.07) is 4.46. The number of carbonyl (C=O) groups is 1. The lowest BCUT2D eigenvalue weighted by molar-refractivity contribution is 0.240. The van der Waals surface area contributed by atoms with Crippen LogP contribution in [-0.2, 0) is 0 Å². The van der Waals surface area contributed by atoms with Gasteiger partial charge in [0.1, 0.15) is 5.82 Å². The Morgan fingerprint density at radius 3 is 2.76 bits per heavy atom. The minimum Gasteiger partial charge on any atom is -0.331 e. The second-order valence-corrected chi connectivity index (χ2v) is 4.85. The van der Waals surface area contributed by atoms with Crippen LogP contribution in [0.1, 0.15) is 37.3 Å². The summed E-state index contributed by atoms with van der Waals surface area (Å²) in [5.74, 6) is 0.182. The fourth-order valence-corrected chi connectivity index (χ4v) is 2.95. The zero-order valence-corrected chi connectivity index (χ0v) is 9.50. The largest absolute Gasteiger partial charge is 0.331 e. The van der Waals surface area contributed by atoms with E-state index < -0.39 is 0 Å². The molecule has 0 aromatic heterocycles. The van der Waals surface area contributed by atoms with Crippen molar-refractivity contribution >= 4 is 11.7 Å². The van der Waals surface area contributed by atoms with Gasteiger partial charge in [-0.25, -0.2) is 9.18 Å². The van der Waals surface area contributed by atoms with Gasteiger partial charge in [0.15, 0.2) is 0 Å². The molecule has 4 heteroatoms. The van der Waals surface area contributed by atoms with Gasteiger partial charge in [0.2, 0.25) is 0 Å². The summed E-state index contributed by atoms with van der Waals surface area (Å²) in [7, 11) is 0. The van der Waals surface area contributed by atoms with E-state index in [1.807, 2.05) is 0 Å². The van der Waals surface area contributed by atoms with Gasteiger partial charge in [-0.3, -0.25) is 0 Å². The Hall–Kier alpha value is -1.58. The third-order valence-electron chi connectivity index (χ3n) is 3.76. The van der Waals surface area contributed by atoms with Crippen molar-refractivity contribution < 1.29 is 9.18 Å². The molecule has 1 saturated carbocycles. The molecule has 1 aliphatic carbocycles. The number of halogens is 1. The highest BCUT2D eigenvalue weighted by Crippen LogP contribution is 2.40. The molecule has 1 heterocycles. The lowest BCUT2D eigenvalue weighted by Gasteiger charge is -2.31. The van der Waals surface area contributed by atoms with E-state index in [0.717, 1.165) is 18.4 Å². The molecular weight excluding hydrogens is 219 g/mol. The number of carbonyl (C=O) groups excluding carboxylic acids is 1. The SMILES string of the molecule is O=C1Nc2cc(F)ccc2C(C2CCCC2)N1. The minimum atomic E-state index is -0.309. The van der Waals surface area contributed by atoms with Crippen molar-refractivity contribution in [2.75, 3.05) is 5.32 Å². The van der Waals surface area contributed by atoms with Crippen LogP contribution < -0.4 is 10.6 Å². The summed E-state index contributed by atoms with van der Waals surface area (Å²) in [6.07, 6.45) is 4.73. The number of hydrogen-bond donors (Lipinski definition) is 2. The van der Waals surface area contributed by atoms with Crippen LogP contribution in [0, 0.1) is 11.7 Å². The second-order valence-electron chi connectivity index (χ2n) is 4.85. The number of urea groups is 1. The molecule has 1 unspecified atom stereocenters. The Bertz CT molecular complexity index is 455. The van der Waals surface area contributed by atoms with Gasteiger partial charge in [0.05, 0.1) is 11.7 Å². The molecule has 17 heavy (non-hydrogen) atoms. The Morgan fingerprint density at radius 2 is 2.00 bits per heavy atom. The zero-order valence-electron chi connectivity index (χ0n) is 9.50. The van der Waals surface area contributed by atoms with Gasteiger partial charge >= 0.3 is 6.03 Å². The van der Waals surface area contributed by atoms with Crippen molar-refractivity contribution in [3.05, 3.63) is 29.6 Å². The van der Waals surface area contributed by atoms with E-state index >= 15 is 0 Å². The highest BCUT2D eigenvalue weighted by atomic mass is 19.1. The van der Waals surface area contributed by atoms with Crippen LogP contribution in [-0.4, -0.2) is 6.03 Å². The maximum absolute atomic E-state index is 13.2. The van der Waals surface area contributed by atoms with E-state index in [1.165, 1.54) is 25.0 Å². The quantitative estimate of drug-likeness (QED) is 0.769. The molecule has 1 atom stereocenters. The van der Waals surface area contributed by atoms with Gasteiger partial charge in [-0.1, -0.05) is 18.9 Å². The van der Waals surface area contributed by atoms with Crippen molar-refractivity contribution in [3.8, 4) is 0 Å². The smallest absolute Gasteiger partial charge is 0.319 e. The maximum atomic E-state index is 13.2. The van der Waals surface area contributed by atoms with Gasteiger partial charge in [-0.2, -0.15) is 0 Å². The second kappa shape index (κ2) is 4.02. The first kappa shape index (κ1) is 10.6. The van der Waals surface area contributed by atoms with E-state index in [-0.39, 0.29) is 17.9 Å². The molecule has 0 bridgehead atoms. The van der Waals surface area contributed by atoms with Crippen molar-refractivity contribution in [2.45, 2.75) is 31.7 Å². The molecule has 0 radical (unpaired) electrons. The number of fused-ring (bicyclic) bond motifs is 1. The van der Waals surface area contributed by atoms with Gasteiger partial charge in [0.25, 0.3) is 0 Å². The van der Waals surface area contributed by atoms with E-state index in [2.05, 4.69) is 10.6 Å². The Labute approximate surface area is 99.4 Å². The molecule has 1 aromatic carbocycles. The molecule has 90 valence electrons. The van der Waals surface area contributed by atoms with Crippen LogP contribution >= 0.6 is 0 Å². The molecule has 2 amide bonds. The first-order chi connectivity index (χ1) is 8.24. The lowest BCUT2D eigenvalue weighted by atomic mass is 9.89. The summed E-state index contributed by atoms with van der Waals surface area (Å²) in [6.45, 7) is 0. The van der Waals surface area contributed by atoms with E-state index in [9.17, 15) is 9.18 Å². The van der Waals surface area contributed by atoms with Crippen LogP contribution in [0.5, 0.6) is 0 Å². The summed E-state index contributed by atoms with van der Waals surface area (Å²) < 4.78 is 13.2. The number of anilines is 1. The molecular formula is C13H15FN2O.